The summed E-state index contributed by atoms with van der Waals surface area (Å²) in [7, 11) is -3.22. The molecule has 1 aromatic carbocycles. The lowest BCUT2D eigenvalue weighted by Gasteiger charge is -2.30. The van der Waals surface area contributed by atoms with E-state index < -0.39 is 9.84 Å². The van der Waals surface area contributed by atoms with Crippen molar-refractivity contribution in [1.82, 2.24) is 4.90 Å². The number of likely N-dealkylation sites (N-methyl/N-ethyl adjacent to an activating group) is 1. The number of hydrogen-bond donors (Lipinski definition) is 0. The van der Waals surface area contributed by atoms with Crippen molar-refractivity contribution < 1.29 is 17.9 Å². The molecule has 0 amide bonds. The van der Waals surface area contributed by atoms with E-state index in [1.165, 1.54) is 6.26 Å². The molecule has 0 fully saturated rings. The molecule has 0 aromatic heterocycles. The van der Waals surface area contributed by atoms with Crippen LogP contribution in [0.5, 0.6) is 5.75 Å². The molecule has 118 valence electrons. The van der Waals surface area contributed by atoms with Crippen molar-refractivity contribution >= 4 is 9.84 Å². The van der Waals surface area contributed by atoms with Gasteiger partial charge in [0.15, 0.2) is 9.84 Å². The van der Waals surface area contributed by atoms with Gasteiger partial charge in [0.25, 0.3) is 0 Å². The Morgan fingerprint density at radius 2 is 2.10 bits per heavy atom. The van der Waals surface area contributed by atoms with Crippen LogP contribution < -0.4 is 4.74 Å². The van der Waals surface area contributed by atoms with E-state index in [-0.39, 0.29) is 11.2 Å². The van der Waals surface area contributed by atoms with E-state index in [1.54, 1.807) is 18.2 Å². The van der Waals surface area contributed by atoms with Crippen LogP contribution in [-0.2, 0) is 21.2 Å². The normalized spacial score (nSPS) is 18.4. The summed E-state index contributed by atoms with van der Waals surface area (Å²) in [5.74, 6) is 0.613. The van der Waals surface area contributed by atoms with E-state index in [9.17, 15) is 8.42 Å². The van der Waals surface area contributed by atoms with E-state index in [1.807, 2.05) is 0 Å². The summed E-state index contributed by atoms with van der Waals surface area (Å²) in [5, 5.41) is 0. The third kappa shape index (κ3) is 4.18. The largest absolute Gasteiger partial charge is 0.463 e. The molecule has 0 saturated heterocycles. The Hall–Kier alpha value is -1.11. The van der Waals surface area contributed by atoms with Gasteiger partial charge in [0.2, 0.25) is 6.29 Å². The van der Waals surface area contributed by atoms with Crippen LogP contribution in [-0.4, -0.2) is 45.5 Å². The molecule has 0 radical (unpaired) electrons. The molecule has 1 atom stereocenters. The quantitative estimate of drug-likeness (QED) is 0.804. The van der Waals surface area contributed by atoms with Crippen molar-refractivity contribution in [1.29, 1.82) is 0 Å². The fraction of sp³-hybridized carbons (Fsp3) is 0.600. The number of sulfone groups is 1. The second-order valence-electron chi connectivity index (χ2n) is 5.29. The number of ether oxygens (including phenoxy) is 2. The van der Waals surface area contributed by atoms with Crippen LogP contribution in [0.3, 0.4) is 0 Å². The van der Waals surface area contributed by atoms with Crippen molar-refractivity contribution in [2.75, 3.05) is 25.9 Å². The summed E-state index contributed by atoms with van der Waals surface area (Å²) in [5.41, 5.74) is 0.886. The molecular formula is C15H23NO4S. The van der Waals surface area contributed by atoms with Crippen LogP contribution in [0, 0.1) is 0 Å². The molecular weight excluding hydrogens is 290 g/mol. The van der Waals surface area contributed by atoms with Crippen LogP contribution in [0.4, 0.5) is 0 Å². The van der Waals surface area contributed by atoms with E-state index in [2.05, 4.69) is 18.7 Å². The van der Waals surface area contributed by atoms with Crippen LogP contribution in [0.1, 0.15) is 25.8 Å². The zero-order chi connectivity index (χ0) is 15.5. The molecule has 21 heavy (non-hydrogen) atoms. The number of fused-ring (bicyclic) bond motifs is 1. The van der Waals surface area contributed by atoms with E-state index in [4.69, 9.17) is 9.47 Å². The summed E-state index contributed by atoms with van der Waals surface area (Å²) < 4.78 is 34.7. The lowest BCUT2D eigenvalue weighted by atomic mass is 10.2. The average Bonchev–Trinajstić information content (AvgIpc) is 2.45. The SMILES string of the molecule is CCCN(CC)CC1OCc2ccc(S(C)(=O)=O)cc2O1. The van der Waals surface area contributed by atoms with Gasteiger partial charge in [-0.15, -0.1) is 0 Å². The highest BCUT2D eigenvalue weighted by atomic mass is 32.2. The maximum atomic E-state index is 11.6. The molecule has 0 bridgehead atoms. The van der Waals surface area contributed by atoms with Crippen LogP contribution in [0.25, 0.3) is 0 Å². The second-order valence-corrected chi connectivity index (χ2v) is 7.31. The van der Waals surface area contributed by atoms with Gasteiger partial charge >= 0.3 is 0 Å². The summed E-state index contributed by atoms with van der Waals surface area (Å²) in [4.78, 5) is 2.54. The smallest absolute Gasteiger partial charge is 0.213 e. The van der Waals surface area contributed by atoms with Gasteiger partial charge in [0.05, 0.1) is 18.0 Å². The molecule has 0 N–H and O–H groups in total. The maximum Gasteiger partial charge on any atom is 0.213 e. The topological polar surface area (TPSA) is 55.8 Å². The van der Waals surface area contributed by atoms with Crippen molar-refractivity contribution in [2.45, 2.75) is 38.1 Å². The van der Waals surface area contributed by atoms with Gasteiger partial charge in [0.1, 0.15) is 5.75 Å². The maximum absolute atomic E-state index is 11.6. The molecule has 0 saturated carbocycles. The fourth-order valence-corrected chi connectivity index (χ4v) is 2.98. The molecule has 5 nitrogen and oxygen atoms in total. The minimum atomic E-state index is -3.22. The summed E-state index contributed by atoms with van der Waals surface area (Å²) in [6.07, 6.45) is 1.93. The number of rotatable bonds is 6. The summed E-state index contributed by atoms with van der Waals surface area (Å²) in [6.45, 7) is 7.32. The Bertz CT molecular complexity index is 585. The number of nitrogens with zero attached hydrogens (tertiary/aromatic N) is 1. The Balaban J connectivity index is 2.11. The van der Waals surface area contributed by atoms with Crippen LogP contribution in [0.2, 0.25) is 0 Å². The van der Waals surface area contributed by atoms with Gasteiger partial charge in [0, 0.05) is 11.8 Å². The third-order valence-electron chi connectivity index (χ3n) is 3.54. The van der Waals surface area contributed by atoms with Gasteiger partial charge in [-0.25, -0.2) is 8.42 Å². The number of benzene rings is 1. The molecule has 0 spiro atoms. The molecule has 0 aliphatic carbocycles. The van der Waals surface area contributed by atoms with Crippen molar-refractivity contribution in [3.8, 4) is 5.75 Å². The van der Waals surface area contributed by atoms with Gasteiger partial charge in [-0.2, -0.15) is 0 Å². The zero-order valence-electron chi connectivity index (χ0n) is 12.8. The first-order chi connectivity index (χ1) is 9.94. The Morgan fingerprint density at radius 1 is 1.33 bits per heavy atom. The van der Waals surface area contributed by atoms with E-state index >= 15 is 0 Å². The minimum Gasteiger partial charge on any atom is -0.463 e. The molecule has 1 heterocycles. The predicted octanol–water partition coefficient (Wildman–Crippen LogP) is 2.06. The monoisotopic (exact) mass is 313 g/mol. The second kappa shape index (κ2) is 6.77. The summed E-state index contributed by atoms with van der Waals surface area (Å²) >= 11 is 0. The summed E-state index contributed by atoms with van der Waals surface area (Å²) in [6, 6.07) is 4.94. The van der Waals surface area contributed by atoms with E-state index in [0.29, 0.717) is 18.9 Å². The van der Waals surface area contributed by atoms with E-state index in [0.717, 1.165) is 25.1 Å². The van der Waals surface area contributed by atoms with Crippen molar-refractivity contribution in [3.63, 3.8) is 0 Å². The minimum absolute atomic E-state index is 0.280. The Morgan fingerprint density at radius 3 is 2.71 bits per heavy atom. The molecule has 1 aromatic rings. The first-order valence-electron chi connectivity index (χ1n) is 7.27. The molecule has 6 heteroatoms. The average molecular weight is 313 g/mol. The Kier molecular flexibility index (Phi) is 5.24. The van der Waals surface area contributed by atoms with Gasteiger partial charge in [-0.05, 0) is 31.6 Å². The molecule has 2 rings (SSSR count). The highest BCUT2D eigenvalue weighted by Gasteiger charge is 2.23. The first kappa shape index (κ1) is 16.3. The third-order valence-corrected chi connectivity index (χ3v) is 4.65. The van der Waals surface area contributed by atoms with Crippen LogP contribution in [0.15, 0.2) is 23.1 Å². The lowest BCUT2D eigenvalue weighted by Crippen LogP contribution is -2.39. The highest BCUT2D eigenvalue weighted by Crippen LogP contribution is 2.29. The van der Waals surface area contributed by atoms with Crippen molar-refractivity contribution in [3.05, 3.63) is 23.8 Å². The van der Waals surface area contributed by atoms with Gasteiger partial charge in [-0.3, -0.25) is 4.90 Å². The standard InChI is InChI=1S/C15H23NO4S/c1-4-8-16(5-2)10-15-19-11-12-6-7-13(21(3,17)18)9-14(12)20-15/h6-7,9,15H,4-5,8,10-11H2,1-3H3. The van der Waals surface area contributed by atoms with Gasteiger partial charge < -0.3 is 9.47 Å². The highest BCUT2D eigenvalue weighted by molar-refractivity contribution is 7.90. The van der Waals surface area contributed by atoms with Crippen LogP contribution >= 0.6 is 0 Å². The van der Waals surface area contributed by atoms with Gasteiger partial charge in [-0.1, -0.05) is 19.9 Å². The lowest BCUT2D eigenvalue weighted by molar-refractivity contribution is -0.120. The Labute approximate surface area is 126 Å². The molecule has 1 aliphatic rings. The van der Waals surface area contributed by atoms with Crippen molar-refractivity contribution in [2.24, 2.45) is 0 Å². The predicted molar refractivity (Wildman–Crippen MR) is 81.2 cm³/mol. The molecule has 1 unspecified atom stereocenters. The molecule has 1 aliphatic heterocycles. The fourth-order valence-electron chi connectivity index (χ4n) is 2.35. The number of hydrogen-bond acceptors (Lipinski definition) is 5. The zero-order valence-corrected chi connectivity index (χ0v) is 13.6. The first-order valence-corrected chi connectivity index (χ1v) is 9.16.